The van der Waals surface area contributed by atoms with Crippen molar-refractivity contribution < 1.29 is 4.74 Å². The second kappa shape index (κ2) is 5.77. The third kappa shape index (κ3) is 3.40. The number of hydrogen-bond donors (Lipinski definition) is 1. The van der Waals surface area contributed by atoms with Gasteiger partial charge < -0.3 is 10.5 Å². The minimum Gasteiger partial charge on any atom is -0.377 e. The van der Waals surface area contributed by atoms with Crippen molar-refractivity contribution in [3.63, 3.8) is 0 Å². The van der Waals surface area contributed by atoms with E-state index < -0.39 is 0 Å². The summed E-state index contributed by atoms with van der Waals surface area (Å²) in [7, 11) is 2.78. The highest BCUT2D eigenvalue weighted by molar-refractivity contribution is 7.13. The lowest BCUT2D eigenvalue weighted by atomic mass is 9.89. The van der Waals surface area contributed by atoms with Gasteiger partial charge in [-0.05, 0) is 38.0 Å². The molecule has 2 aliphatic rings. The summed E-state index contributed by atoms with van der Waals surface area (Å²) >= 11 is 0. The maximum absolute atomic E-state index is 6.02. The fraction of sp³-hybridized carbons (Fsp3) is 1.00. The van der Waals surface area contributed by atoms with Gasteiger partial charge in [0, 0.05) is 18.6 Å². The maximum atomic E-state index is 6.02. The highest BCUT2D eigenvalue weighted by Gasteiger charge is 2.28. The van der Waals surface area contributed by atoms with Gasteiger partial charge in [-0.15, -0.1) is 0 Å². The molecule has 3 atom stereocenters. The maximum Gasteiger partial charge on any atom is 0.0629 e. The van der Waals surface area contributed by atoms with Crippen LogP contribution in [0.1, 0.15) is 39.0 Å². The Morgan fingerprint density at radius 3 is 2.56 bits per heavy atom. The van der Waals surface area contributed by atoms with E-state index in [0.29, 0.717) is 18.2 Å². The van der Waals surface area contributed by atoms with Crippen molar-refractivity contribution in [3.8, 4) is 0 Å². The molecule has 4 heteroatoms. The number of ether oxygens (including phenoxy) is 1. The Labute approximate surface area is 101 Å². The molecular weight excluding hydrogens is 219 g/mol. The topological polar surface area (TPSA) is 38.5 Å². The summed E-state index contributed by atoms with van der Waals surface area (Å²) < 4.78 is 8.28. The zero-order chi connectivity index (χ0) is 11.5. The molecule has 1 unspecified atom stereocenters. The van der Waals surface area contributed by atoms with E-state index in [1.54, 1.807) is 0 Å². The standard InChI is InChI=1S/C12H25N2OP/c1-9-2-4-12(5-3-9)15-8-11-6-10(13)7-14(11)16/h9-12H,2-8,13,16H2,1H3/t9?,10-,11-,12?/m0/s1. The van der Waals surface area contributed by atoms with E-state index in [2.05, 4.69) is 21.0 Å². The summed E-state index contributed by atoms with van der Waals surface area (Å²) in [6, 6.07) is 0.844. The molecule has 0 bridgehead atoms. The van der Waals surface area contributed by atoms with Crippen LogP contribution in [0.4, 0.5) is 0 Å². The predicted molar refractivity (Wildman–Crippen MR) is 70.2 cm³/mol. The third-order valence-corrected chi connectivity index (χ3v) is 4.61. The molecule has 0 aromatic heterocycles. The number of nitrogens with zero attached hydrogens (tertiary/aromatic N) is 1. The van der Waals surface area contributed by atoms with Gasteiger partial charge in [0.05, 0.1) is 12.7 Å². The van der Waals surface area contributed by atoms with Crippen molar-refractivity contribution in [1.82, 2.24) is 4.67 Å². The van der Waals surface area contributed by atoms with Crippen molar-refractivity contribution in [2.75, 3.05) is 13.2 Å². The molecule has 16 heavy (non-hydrogen) atoms. The third-order valence-electron chi connectivity index (χ3n) is 3.98. The van der Waals surface area contributed by atoms with Crippen LogP contribution >= 0.6 is 9.39 Å². The molecule has 3 nitrogen and oxygen atoms in total. The molecular formula is C12H25N2OP. The predicted octanol–water partition coefficient (Wildman–Crippen LogP) is 1.77. The van der Waals surface area contributed by atoms with Crippen LogP contribution in [0.3, 0.4) is 0 Å². The van der Waals surface area contributed by atoms with E-state index in [1.807, 2.05) is 0 Å². The number of hydrogen-bond acceptors (Lipinski definition) is 3. The van der Waals surface area contributed by atoms with Crippen molar-refractivity contribution in [2.24, 2.45) is 11.7 Å². The van der Waals surface area contributed by atoms with Gasteiger partial charge in [-0.1, -0.05) is 16.3 Å². The Kier molecular flexibility index (Phi) is 4.60. The van der Waals surface area contributed by atoms with Gasteiger partial charge in [0.25, 0.3) is 0 Å². The van der Waals surface area contributed by atoms with E-state index in [0.717, 1.165) is 25.5 Å². The largest absolute Gasteiger partial charge is 0.377 e. The van der Waals surface area contributed by atoms with Crippen LogP contribution in [0, 0.1) is 5.92 Å². The van der Waals surface area contributed by atoms with Gasteiger partial charge in [-0.3, -0.25) is 4.67 Å². The van der Waals surface area contributed by atoms with Crippen molar-refractivity contribution >= 4 is 9.39 Å². The van der Waals surface area contributed by atoms with Crippen molar-refractivity contribution in [3.05, 3.63) is 0 Å². The van der Waals surface area contributed by atoms with E-state index in [4.69, 9.17) is 10.5 Å². The van der Waals surface area contributed by atoms with E-state index in [-0.39, 0.29) is 0 Å². The Hall–Kier alpha value is 0.310. The molecule has 1 saturated heterocycles. The molecule has 0 aromatic rings. The van der Waals surface area contributed by atoms with E-state index in [1.165, 1.54) is 25.7 Å². The van der Waals surface area contributed by atoms with Crippen LogP contribution in [0.25, 0.3) is 0 Å². The highest BCUT2D eigenvalue weighted by Crippen LogP contribution is 2.27. The fourth-order valence-electron chi connectivity index (χ4n) is 2.79. The average molecular weight is 244 g/mol. The van der Waals surface area contributed by atoms with Crippen LogP contribution in [0.15, 0.2) is 0 Å². The minimum atomic E-state index is 0.331. The summed E-state index contributed by atoms with van der Waals surface area (Å²) in [4.78, 5) is 0. The quantitative estimate of drug-likeness (QED) is 0.769. The summed E-state index contributed by atoms with van der Waals surface area (Å²) in [6.45, 7) is 4.19. The van der Waals surface area contributed by atoms with Crippen LogP contribution in [0.5, 0.6) is 0 Å². The Balaban J connectivity index is 1.67. The first-order valence-electron chi connectivity index (χ1n) is 6.53. The number of rotatable bonds is 3. The molecule has 1 saturated carbocycles. The molecule has 94 valence electrons. The number of nitrogens with two attached hydrogens (primary N) is 1. The van der Waals surface area contributed by atoms with Gasteiger partial charge in [-0.25, -0.2) is 0 Å². The summed E-state index contributed by atoms with van der Waals surface area (Å²) in [5.41, 5.74) is 5.93. The normalized spacial score (nSPS) is 41.4. The molecule has 2 N–H and O–H groups in total. The van der Waals surface area contributed by atoms with Crippen LogP contribution < -0.4 is 5.73 Å². The molecule has 2 fully saturated rings. The van der Waals surface area contributed by atoms with Gasteiger partial charge in [-0.2, -0.15) is 0 Å². The first-order valence-corrected chi connectivity index (χ1v) is 7.05. The Morgan fingerprint density at radius 2 is 2.00 bits per heavy atom. The van der Waals surface area contributed by atoms with Crippen molar-refractivity contribution in [2.45, 2.75) is 57.2 Å². The second-order valence-corrected chi connectivity index (χ2v) is 6.22. The lowest BCUT2D eigenvalue weighted by Crippen LogP contribution is -2.29. The van der Waals surface area contributed by atoms with Crippen LogP contribution in [-0.2, 0) is 4.74 Å². The SMILES string of the molecule is CC1CCC(OC[C@@H]2C[C@H](N)CN2P)CC1. The average Bonchev–Trinajstić information content (AvgIpc) is 2.57. The zero-order valence-corrected chi connectivity index (χ0v) is 11.4. The first kappa shape index (κ1) is 12.8. The summed E-state index contributed by atoms with van der Waals surface area (Å²) in [5, 5.41) is 0. The summed E-state index contributed by atoms with van der Waals surface area (Å²) in [6.07, 6.45) is 6.74. The highest BCUT2D eigenvalue weighted by atomic mass is 31.0. The van der Waals surface area contributed by atoms with E-state index >= 15 is 0 Å². The van der Waals surface area contributed by atoms with Gasteiger partial charge >= 0.3 is 0 Å². The zero-order valence-electron chi connectivity index (χ0n) is 10.3. The Morgan fingerprint density at radius 1 is 1.31 bits per heavy atom. The molecule has 2 rings (SSSR count). The molecule has 1 aliphatic heterocycles. The van der Waals surface area contributed by atoms with Crippen molar-refractivity contribution in [1.29, 1.82) is 0 Å². The van der Waals surface area contributed by atoms with Crippen LogP contribution in [0.2, 0.25) is 0 Å². The lowest BCUT2D eigenvalue weighted by Gasteiger charge is -2.28. The fourth-order valence-corrected chi connectivity index (χ4v) is 3.26. The lowest BCUT2D eigenvalue weighted by molar-refractivity contribution is 0.00337. The smallest absolute Gasteiger partial charge is 0.0629 e. The molecule has 0 aromatic carbocycles. The Bertz CT molecular complexity index is 219. The van der Waals surface area contributed by atoms with E-state index in [9.17, 15) is 0 Å². The molecule has 0 amide bonds. The first-order chi connectivity index (χ1) is 7.65. The minimum absolute atomic E-state index is 0.331. The second-order valence-electron chi connectivity index (χ2n) is 5.56. The molecule has 0 radical (unpaired) electrons. The molecule has 0 spiro atoms. The molecule has 1 aliphatic carbocycles. The van der Waals surface area contributed by atoms with Crippen LogP contribution in [-0.4, -0.2) is 36.0 Å². The monoisotopic (exact) mass is 244 g/mol. The molecule has 1 heterocycles. The van der Waals surface area contributed by atoms with Gasteiger partial charge in [0.2, 0.25) is 0 Å². The summed E-state index contributed by atoms with van der Waals surface area (Å²) in [5.74, 6) is 0.901. The van der Waals surface area contributed by atoms with Gasteiger partial charge in [0.1, 0.15) is 0 Å². The van der Waals surface area contributed by atoms with Gasteiger partial charge in [0.15, 0.2) is 0 Å².